The topological polar surface area (TPSA) is 102 Å². The van der Waals surface area contributed by atoms with Gasteiger partial charge in [0.15, 0.2) is 0 Å². The molecule has 0 aliphatic carbocycles. The smallest absolute Gasteiger partial charge is 0.255 e. The maximum atomic E-state index is 13.7. The van der Waals surface area contributed by atoms with Gasteiger partial charge in [-0.1, -0.05) is 18.6 Å². The van der Waals surface area contributed by atoms with E-state index in [9.17, 15) is 14.4 Å². The molecule has 2 aliphatic heterocycles. The number of ether oxygens (including phenoxy) is 2. The van der Waals surface area contributed by atoms with Gasteiger partial charge < -0.3 is 29.6 Å². The van der Waals surface area contributed by atoms with E-state index in [1.54, 1.807) is 25.3 Å². The van der Waals surface area contributed by atoms with Crippen LogP contribution in [0.2, 0.25) is 0 Å². The van der Waals surface area contributed by atoms with Gasteiger partial charge in [0.25, 0.3) is 11.8 Å². The summed E-state index contributed by atoms with van der Waals surface area (Å²) in [5.74, 6) is 0.983. The lowest BCUT2D eigenvalue weighted by Crippen LogP contribution is -2.52. The van der Waals surface area contributed by atoms with E-state index < -0.39 is 5.41 Å². The number of piperidine rings is 1. The number of nitrogens with one attached hydrogen (secondary N) is 2. The van der Waals surface area contributed by atoms with Crippen LogP contribution in [-0.4, -0.2) is 66.6 Å². The summed E-state index contributed by atoms with van der Waals surface area (Å²) in [5.41, 5.74) is 1.30. The normalized spacial score (nSPS) is 19.8. The van der Waals surface area contributed by atoms with E-state index in [1.165, 1.54) is 0 Å². The molecular weight excluding hydrogens is 520 g/mol. The van der Waals surface area contributed by atoms with E-state index in [-0.39, 0.29) is 30.4 Å². The maximum Gasteiger partial charge on any atom is 0.255 e. The highest BCUT2D eigenvalue weighted by atomic mass is 16.5. The van der Waals surface area contributed by atoms with Crippen molar-refractivity contribution in [3.05, 3.63) is 78.1 Å². The summed E-state index contributed by atoms with van der Waals surface area (Å²) >= 11 is 0. The number of amides is 3. The van der Waals surface area contributed by atoms with Gasteiger partial charge in [-0.25, -0.2) is 0 Å². The molecule has 3 heterocycles. The van der Waals surface area contributed by atoms with Crippen molar-refractivity contribution in [2.75, 3.05) is 33.4 Å². The molecule has 0 unspecified atom stereocenters. The van der Waals surface area contributed by atoms with Gasteiger partial charge in [0.05, 0.1) is 29.8 Å². The predicted octanol–water partition coefficient (Wildman–Crippen LogP) is 4.21. The van der Waals surface area contributed by atoms with Gasteiger partial charge in [-0.3, -0.25) is 14.4 Å². The number of nitrogens with zero attached hydrogens (tertiary/aromatic N) is 2. The summed E-state index contributed by atoms with van der Waals surface area (Å²) in [6.45, 7) is 3.66. The van der Waals surface area contributed by atoms with Crippen LogP contribution in [0.25, 0.3) is 5.69 Å². The maximum absolute atomic E-state index is 13.7. The molecule has 0 bridgehead atoms. The number of fused-ring (bicyclic) bond motifs is 1. The molecule has 1 aromatic heterocycles. The zero-order chi connectivity index (χ0) is 28.8. The van der Waals surface area contributed by atoms with Gasteiger partial charge in [-0.2, -0.15) is 0 Å². The van der Waals surface area contributed by atoms with Gasteiger partial charge in [-0.15, -0.1) is 0 Å². The Labute approximate surface area is 240 Å². The lowest BCUT2D eigenvalue weighted by Gasteiger charge is -2.41. The summed E-state index contributed by atoms with van der Waals surface area (Å²) in [5, 5.41) is 6.15. The standard InChI is InChI=1S/C32H38N4O5/c1-23-22-41-27-10-4-3-9-25(27)29(37)33-16-6-5-13-32(31(39)34-23)14-19-36(20-15-32)30(38)24-11-12-28(40-2)26(21-24)35-17-7-8-18-35/h3-4,7-12,17-18,21,23H,5-6,13-16,19-20,22H2,1-2H3,(H,33,37)(H,34,39)/t23-/m1/s1. The third-order valence-electron chi connectivity index (χ3n) is 8.16. The average Bonchev–Trinajstić information content (AvgIpc) is 3.54. The second-order valence-electron chi connectivity index (χ2n) is 10.9. The molecule has 5 rings (SSSR count). The fourth-order valence-electron chi connectivity index (χ4n) is 5.73. The summed E-state index contributed by atoms with van der Waals surface area (Å²) in [4.78, 5) is 41.8. The number of carbonyl (C=O) groups excluding carboxylic acids is 3. The molecule has 41 heavy (non-hydrogen) atoms. The van der Waals surface area contributed by atoms with Crippen molar-refractivity contribution in [2.24, 2.45) is 5.41 Å². The van der Waals surface area contributed by atoms with Crippen LogP contribution in [0.15, 0.2) is 67.0 Å². The minimum absolute atomic E-state index is 0.00872. The highest BCUT2D eigenvalue weighted by Gasteiger charge is 2.42. The third-order valence-corrected chi connectivity index (χ3v) is 8.16. The summed E-state index contributed by atoms with van der Waals surface area (Å²) in [6, 6.07) is 16.2. The highest BCUT2D eigenvalue weighted by Crippen LogP contribution is 2.38. The molecule has 2 aliphatic rings. The summed E-state index contributed by atoms with van der Waals surface area (Å²) in [6.07, 6.45) is 7.24. The molecular formula is C32H38N4O5. The Morgan fingerprint density at radius 3 is 2.51 bits per heavy atom. The number of methoxy groups -OCH3 is 1. The van der Waals surface area contributed by atoms with Crippen molar-refractivity contribution in [1.29, 1.82) is 0 Å². The summed E-state index contributed by atoms with van der Waals surface area (Å²) in [7, 11) is 1.62. The van der Waals surface area contributed by atoms with Gasteiger partial charge in [-0.05, 0) is 75.1 Å². The van der Waals surface area contributed by atoms with E-state index in [1.807, 2.05) is 65.2 Å². The van der Waals surface area contributed by atoms with Crippen molar-refractivity contribution in [3.8, 4) is 17.2 Å². The first-order valence-electron chi connectivity index (χ1n) is 14.3. The molecule has 3 aromatic rings. The Morgan fingerprint density at radius 1 is 1.00 bits per heavy atom. The lowest BCUT2D eigenvalue weighted by atomic mass is 9.73. The number of likely N-dealkylation sites (tertiary alicyclic amines) is 1. The molecule has 1 saturated heterocycles. The molecule has 9 nitrogen and oxygen atoms in total. The van der Waals surface area contributed by atoms with Gasteiger partial charge in [0, 0.05) is 37.6 Å². The molecule has 9 heteroatoms. The number of rotatable bonds is 3. The SMILES string of the molecule is COc1ccc(C(=O)N2CCC3(CCCCNC(=O)c4ccccc4OC[C@@H](C)NC3=O)CC2)cc1-n1cccc1. The number of benzene rings is 2. The quantitative estimate of drug-likeness (QED) is 0.502. The molecule has 2 N–H and O–H groups in total. The van der Waals surface area contributed by atoms with Gasteiger partial charge in [0.2, 0.25) is 5.91 Å². The number of para-hydroxylation sites is 1. The predicted molar refractivity (Wildman–Crippen MR) is 156 cm³/mol. The van der Waals surface area contributed by atoms with Crippen LogP contribution < -0.4 is 20.1 Å². The van der Waals surface area contributed by atoms with E-state index in [4.69, 9.17) is 9.47 Å². The molecule has 1 spiro atoms. The first-order valence-corrected chi connectivity index (χ1v) is 14.3. The molecule has 216 valence electrons. The number of carbonyl (C=O) groups is 3. The van der Waals surface area contributed by atoms with Crippen LogP contribution in [0.3, 0.4) is 0 Å². The fraction of sp³-hybridized carbons (Fsp3) is 0.406. The van der Waals surface area contributed by atoms with Crippen LogP contribution >= 0.6 is 0 Å². The molecule has 2 aromatic carbocycles. The van der Waals surface area contributed by atoms with Crippen molar-refractivity contribution in [3.63, 3.8) is 0 Å². The first kappa shape index (κ1) is 28.3. The van der Waals surface area contributed by atoms with E-state index in [0.29, 0.717) is 61.5 Å². The Morgan fingerprint density at radius 2 is 1.76 bits per heavy atom. The second kappa shape index (κ2) is 12.5. The van der Waals surface area contributed by atoms with E-state index in [2.05, 4.69) is 10.6 Å². The van der Waals surface area contributed by atoms with Crippen LogP contribution in [-0.2, 0) is 4.79 Å². The van der Waals surface area contributed by atoms with Crippen molar-refractivity contribution >= 4 is 17.7 Å². The minimum Gasteiger partial charge on any atom is -0.495 e. The van der Waals surface area contributed by atoms with E-state index in [0.717, 1.165) is 18.5 Å². The van der Waals surface area contributed by atoms with Crippen LogP contribution in [0, 0.1) is 5.41 Å². The second-order valence-corrected chi connectivity index (χ2v) is 10.9. The van der Waals surface area contributed by atoms with E-state index >= 15 is 0 Å². The molecule has 0 saturated carbocycles. The first-order chi connectivity index (χ1) is 19.9. The third kappa shape index (κ3) is 6.24. The van der Waals surface area contributed by atoms with Crippen molar-refractivity contribution < 1.29 is 23.9 Å². The van der Waals surface area contributed by atoms with Gasteiger partial charge in [0.1, 0.15) is 18.1 Å². The Bertz CT molecular complexity index is 1380. The summed E-state index contributed by atoms with van der Waals surface area (Å²) < 4.78 is 13.4. The molecule has 1 fully saturated rings. The van der Waals surface area contributed by atoms with Crippen LogP contribution in [0.1, 0.15) is 59.7 Å². The van der Waals surface area contributed by atoms with Crippen molar-refractivity contribution in [2.45, 2.75) is 45.1 Å². The Hall–Kier alpha value is -4.27. The highest BCUT2D eigenvalue weighted by molar-refractivity contribution is 5.97. The minimum atomic E-state index is -0.576. The zero-order valence-corrected chi connectivity index (χ0v) is 23.7. The lowest BCUT2D eigenvalue weighted by molar-refractivity contribution is -0.135. The molecule has 1 atom stereocenters. The van der Waals surface area contributed by atoms with Crippen molar-refractivity contribution in [1.82, 2.24) is 20.1 Å². The molecule has 3 amide bonds. The van der Waals surface area contributed by atoms with Gasteiger partial charge >= 0.3 is 0 Å². The average molecular weight is 559 g/mol. The zero-order valence-electron chi connectivity index (χ0n) is 23.7. The number of hydrogen-bond acceptors (Lipinski definition) is 5. The number of aromatic nitrogens is 1. The largest absolute Gasteiger partial charge is 0.495 e. The van der Waals surface area contributed by atoms with Crippen LogP contribution in [0.5, 0.6) is 11.5 Å². The molecule has 0 radical (unpaired) electrons. The Kier molecular flexibility index (Phi) is 8.61. The fourth-order valence-corrected chi connectivity index (χ4v) is 5.73. The number of hydrogen-bond donors (Lipinski definition) is 2. The van der Waals surface area contributed by atoms with Crippen LogP contribution in [0.4, 0.5) is 0 Å². The monoisotopic (exact) mass is 558 g/mol. The Balaban J connectivity index is 1.28.